The van der Waals surface area contributed by atoms with E-state index in [0.717, 1.165) is 0 Å². The second-order valence-corrected chi connectivity index (χ2v) is 7.68. The number of fused-ring (bicyclic) bond motifs is 1. The van der Waals surface area contributed by atoms with Crippen LogP contribution in [0.3, 0.4) is 0 Å². The third kappa shape index (κ3) is 4.59. The maximum absolute atomic E-state index is 13.3. The number of hydrogen-bond acceptors (Lipinski definition) is 7. The van der Waals surface area contributed by atoms with Crippen molar-refractivity contribution in [3.8, 4) is 28.6 Å². The molecule has 0 fully saturated rings. The van der Waals surface area contributed by atoms with Gasteiger partial charge in [0.2, 0.25) is 5.89 Å². The summed E-state index contributed by atoms with van der Waals surface area (Å²) >= 11 is 0. The van der Waals surface area contributed by atoms with Gasteiger partial charge in [0, 0.05) is 34.6 Å². The minimum absolute atomic E-state index is 0.135. The number of amides is 1. The van der Waals surface area contributed by atoms with E-state index in [1.54, 1.807) is 36.4 Å². The van der Waals surface area contributed by atoms with Crippen LogP contribution in [0, 0.1) is 0 Å². The molecule has 3 heterocycles. The van der Waals surface area contributed by atoms with Crippen molar-refractivity contribution in [2.45, 2.75) is 19.1 Å². The first-order valence-electron chi connectivity index (χ1n) is 10.4. The van der Waals surface area contributed by atoms with Crippen molar-refractivity contribution in [3.63, 3.8) is 0 Å². The van der Waals surface area contributed by atoms with Crippen LogP contribution in [0.2, 0.25) is 0 Å². The predicted octanol–water partition coefficient (Wildman–Crippen LogP) is 5.23. The Morgan fingerprint density at radius 2 is 1.75 bits per heavy atom. The molecule has 5 rings (SSSR count). The number of rotatable bonds is 6. The van der Waals surface area contributed by atoms with Crippen LogP contribution < -0.4 is 9.64 Å². The highest BCUT2D eigenvalue weighted by molar-refractivity contribution is 6.12. The summed E-state index contributed by atoms with van der Waals surface area (Å²) in [4.78, 5) is 22.5. The van der Waals surface area contributed by atoms with Gasteiger partial charge in [0.25, 0.3) is 11.8 Å². The van der Waals surface area contributed by atoms with Crippen LogP contribution in [0.15, 0.2) is 59.3 Å². The van der Waals surface area contributed by atoms with Crippen molar-refractivity contribution in [1.82, 2.24) is 20.2 Å². The van der Waals surface area contributed by atoms with E-state index in [1.807, 2.05) is 0 Å². The van der Waals surface area contributed by atoms with Crippen molar-refractivity contribution in [2.24, 2.45) is 0 Å². The first-order valence-corrected chi connectivity index (χ1v) is 10.4. The molecular formula is C23H14F5N5O3. The van der Waals surface area contributed by atoms with Gasteiger partial charge in [-0.05, 0) is 23.8 Å². The summed E-state index contributed by atoms with van der Waals surface area (Å²) in [7, 11) is 0. The number of carbonyl (C=O) groups excluding carboxylic acids is 1. The maximum Gasteiger partial charge on any atom is 0.422 e. The number of nitrogens with zero attached hydrogens (tertiary/aromatic N) is 5. The van der Waals surface area contributed by atoms with E-state index in [4.69, 9.17) is 4.42 Å². The van der Waals surface area contributed by atoms with Crippen molar-refractivity contribution < 1.29 is 35.9 Å². The monoisotopic (exact) mass is 503 g/mol. The van der Waals surface area contributed by atoms with Gasteiger partial charge in [-0.1, -0.05) is 24.3 Å². The van der Waals surface area contributed by atoms with Crippen molar-refractivity contribution in [1.29, 1.82) is 0 Å². The van der Waals surface area contributed by atoms with Gasteiger partial charge in [0.15, 0.2) is 6.61 Å². The quantitative estimate of drug-likeness (QED) is 0.333. The van der Waals surface area contributed by atoms with Crippen molar-refractivity contribution >= 4 is 11.6 Å². The van der Waals surface area contributed by atoms with E-state index in [9.17, 15) is 26.7 Å². The molecule has 0 unspecified atom stereocenters. The molecule has 13 heteroatoms. The molecule has 2 aromatic heterocycles. The molecule has 0 saturated heterocycles. The van der Waals surface area contributed by atoms with E-state index in [2.05, 4.69) is 24.9 Å². The number of halogens is 5. The number of para-hydroxylation sites is 1. The summed E-state index contributed by atoms with van der Waals surface area (Å²) in [5.41, 5.74) is 2.90. The highest BCUT2D eigenvalue weighted by Crippen LogP contribution is 2.37. The van der Waals surface area contributed by atoms with Crippen LogP contribution in [0.4, 0.5) is 27.6 Å². The van der Waals surface area contributed by atoms with Crippen LogP contribution in [0.5, 0.6) is 6.01 Å². The SMILES string of the molecule is O=C1c2cc(-c3nnc(C(F)F)o3)ccc2CN1c1ccccc1-c1cnc(OCC(F)(F)F)nc1. The average Bonchev–Trinajstić information content (AvgIpc) is 3.48. The molecule has 0 bridgehead atoms. The van der Waals surface area contributed by atoms with E-state index in [-0.39, 0.29) is 18.3 Å². The molecule has 1 aliphatic heterocycles. The predicted molar refractivity (Wildman–Crippen MR) is 114 cm³/mol. The number of alkyl halides is 5. The minimum atomic E-state index is -4.52. The summed E-state index contributed by atoms with van der Waals surface area (Å²) in [5.74, 6) is -1.30. The zero-order chi connectivity index (χ0) is 25.4. The smallest absolute Gasteiger partial charge is 0.422 e. The molecular weight excluding hydrogens is 489 g/mol. The van der Waals surface area contributed by atoms with Crippen molar-refractivity contribution in [2.75, 3.05) is 11.5 Å². The van der Waals surface area contributed by atoms with E-state index in [1.165, 1.54) is 23.4 Å². The lowest BCUT2D eigenvalue weighted by Gasteiger charge is -2.19. The Bertz CT molecular complexity index is 1420. The second kappa shape index (κ2) is 8.98. The van der Waals surface area contributed by atoms with Crippen LogP contribution in [-0.4, -0.2) is 38.9 Å². The number of anilines is 1. The first-order chi connectivity index (χ1) is 17.2. The molecule has 4 aromatic rings. The fraction of sp³-hybridized carbons (Fsp3) is 0.174. The molecule has 0 N–H and O–H groups in total. The molecule has 8 nitrogen and oxygen atoms in total. The zero-order valence-electron chi connectivity index (χ0n) is 18.0. The van der Waals surface area contributed by atoms with Crippen molar-refractivity contribution in [3.05, 3.63) is 71.9 Å². The maximum atomic E-state index is 13.3. The topological polar surface area (TPSA) is 94.2 Å². The zero-order valence-corrected chi connectivity index (χ0v) is 18.0. The third-order valence-corrected chi connectivity index (χ3v) is 5.29. The summed E-state index contributed by atoms with van der Waals surface area (Å²) in [6.07, 6.45) is -4.82. The molecule has 2 aromatic carbocycles. The molecule has 184 valence electrons. The molecule has 1 amide bonds. The molecule has 0 spiro atoms. The Labute approximate surface area is 199 Å². The Morgan fingerprint density at radius 3 is 2.44 bits per heavy atom. The van der Waals surface area contributed by atoms with Gasteiger partial charge < -0.3 is 14.1 Å². The van der Waals surface area contributed by atoms with Gasteiger partial charge in [-0.3, -0.25) is 4.79 Å². The Hall–Kier alpha value is -4.42. The summed E-state index contributed by atoms with van der Waals surface area (Å²) < 4.78 is 72.2. The lowest BCUT2D eigenvalue weighted by Crippen LogP contribution is -2.23. The fourth-order valence-corrected chi connectivity index (χ4v) is 3.70. The number of aromatic nitrogens is 4. The minimum Gasteiger partial charge on any atom is -0.454 e. The standard InChI is InChI=1S/C23H14F5N5O3/c24-18(25)20-32-31-19(36-20)12-5-6-13-10-33(21(34)16(13)7-12)17-4-2-1-3-15(17)14-8-29-22(30-9-14)35-11-23(26,27)28/h1-9,18H,10-11H2. The molecule has 0 atom stereocenters. The number of ether oxygens (including phenoxy) is 1. The van der Waals surface area contributed by atoms with Crippen LogP contribution in [0.25, 0.3) is 22.6 Å². The number of carbonyl (C=O) groups is 1. The first kappa shape index (κ1) is 23.3. The van der Waals surface area contributed by atoms with Gasteiger partial charge >= 0.3 is 18.6 Å². The lowest BCUT2D eigenvalue weighted by molar-refractivity contribution is -0.154. The Balaban J connectivity index is 1.41. The van der Waals surface area contributed by atoms with Gasteiger partial charge in [-0.15, -0.1) is 10.2 Å². The fourth-order valence-electron chi connectivity index (χ4n) is 3.70. The van der Waals surface area contributed by atoms with Gasteiger partial charge in [0.05, 0.1) is 12.2 Å². The van der Waals surface area contributed by atoms with Crippen LogP contribution >= 0.6 is 0 Å². The molecule has 0 radical (unpaired) electrons. The van der Waals surface area contributed by atoms with Gasteiger partial charge in [-0.25, -0.2) is 9.97 Å². The van der Waals surface area contributed by atoms with E-state index >= 15 is 0 Å². The van der Waals surface area contributed by atoms with Crippen LogP contribution in [-0.2, 0) is 6.54 Å². The average molecular weight is 503 g/mol. The summed E-state index contributed by atoms with van der Waals surface area (Å²) in [5, 5.41) is 6.92. The molecule has 0 saturated carbocycles. The molecule has 36 heavy (non-hydrogen) atoms. The highest BCUT2D eigenvalue weighted by atomic mass is 19.4. The van der Waals surface area contributed by atoms with Gasteiger partial charge in [0.1, 0.15) is 0 Å². The Kier molecular flexibility index (Phi) is 5.82. The molecule has 0 aliphatic carbocycles. The molecule has 1 aliphatic rings. The van der Waals surface area contributed by atoms with E-state index in [0.29, 0.717) is 33.5 Å². The lowest BCUT2D eigenvalue weighted by atomic mass is 10.1. The summed E-state index contributed by atoms with van der Waals surface area (Å²) in [6, 6.07) is 11.2. The highest BCUT2D eigenvalue weighted by Gasteiger charge is 2.31. The summed E-state index contributed by atoms with van der Waals surface area (Å²) in [6.45, 7) is -1.29. The van der Waals surface area contributed by atoms with Gasteiger partial charge in [-0.2, -0.15) is 22.0 Å². The number of hydrogen-bond donors (Lipinski definition) is 0. The number of benzene rings is 2. The third-order valence-electron chi connectivity index (χ3n) is 5.29. The second-order valence-electron chi connectivity index (χ2n) is 7.68. The van der Waals surface area contributed by atoms with Crippen LogP contribution in [0.1, 0.15) is 28.2 Å². The van der Waals surface area contributed by atoms with E-state index < -0.39 is 31.1 Å². The Morgan fingerprint density at radius 1 is 1.00 bits per heavy atom. The largest absolute Gasteiger partial charge is 0.454 e. The normalized spacial score (nSPS) is 13.4.